The largest absolute Gasteiger partial charge is 0.358 e. The molecule has 1 aromatic rings. The molecule has 0 saturated carbocycles. The lowest BCUT2D eigenvalue weighted by atomic mass is 10.3. The molecule has 5 heteroatoms. The van der Waals surface area contributed by atoms with Gasteiger partial charge in [0.05, 0.1) is 5.69 Å². The molecule has 0 radical (unpaired) electrons. The highest BCUT2D eigenvalue weighted by Crippen LogP contribution is 2.09. The number of nitrogens with one attached hydrogen (secondary N) is 1. The first-order valence-electron chi connectivity index (χ1n) is 3.45. The van der Waals surface area contributed by atoms with Crippen LogP contribution in [0.15, 0.2) is 27.5 Å². The quantitative estimate of drug-likeness (QED) is 0.655. The van der Waals surface area contributed by atoms with Gasteiger partial charge < -0.3 is 4.98 Å². The van der Waals surface area contributed by atoms with E-state index in [0.29, 0.717) is 5.84 Å². The molecule has 0 unspecified atom stereocenters. The lowest BCUT2D eigenvalue weighted by Gasteiger charge is -1.86. The van der Waals surface area contributed by atoms with Gasteiger partial charge in [0.2, 0.25) is 10.9 Å². The van der Waals surface area contributed by atoms with Crippen molar-refractivity contribution in [1.82, 2.24) is 4.98 Å². The number of thiocarbonyl (C=S) groups is 1. The maximum Gasteiger partial charge on any atom is 0.242 e. The molecule has 4 nitrogen and oxygen atoms in total. The molecule has 0 amide bonds. The summed E-state index contributed by atoms with van der Waals surface area (Å²) in [6.07, 6.45) is 1.88. The zero-order valence-electron chi connectivity index (χ0n) is 6.40. The Bertz CT molecular complexity index is 388. The molecule has 1 aliphatic rings. The number of aromatic amines is 1. The summed E-state index contributed by atoms with van der Waals surface area (Å²) < 4.78 is 0. The van der Waals surface area contributed by atoms with E-state index in [0.717, 1.165) is 11.3 Å². The van der Waals surface area contributed by atoms with E-state index in [2.05, 4.69) is 20.2 Å². The summed E-state index contributed by atoms with van der Waals surface area (Å²) in [4.78, 5) is 6.98. The van der Waals surface area contributed by atoms with Crippen molar-refractivity contribution in [3.63, 3.8) is 0 Å². The number of azo groups is 1. The van der Waals surface area contributed by atoms with Gasteiger partial charge in [-0.1, -0.05) is 0 Å². The maximum atomic E-state index is 4.74. The molecule has 1 aromatic heterocycles. The van der Waals surface area contributed by atoms with Crippen LogP contribution in [0.1, 0.15) is 11.3 Å². The first-order valence-corrected chi connectivity index (χ1v) is 3.86. The minimum atomic E-state index is 0.289. The SMILES string of the molecule is Cc1c[nH]c(C2=NC(=S)N=N2)c1. The molecule has 0 saturated heterocycles. The first-order chi connectivity index (χ1) is 5.75. The predicted octanol–water partition coefficient (Wildman–Crippen LogP) is 1.82. The highest BCUT2D eigenvalue weighted by atomic mass is 32.1. The van der Waals surface area contributed by atoms with Gasteiger partial charge in [-0.15, -0.1) is 10.2 Å². The van der Waals surface area contributed by atoms with Crippen molar-refractivity contribution in [2.24, 2.45) is 15.2 Å². The van der Waals surface area contributed by atoms with Crippen LogP contribution in [0.25, 0.3) is 0 Å². The fraction of sp³-hybridized carbons (Fsp3) is 0.143. The van der Waals surface area contributed by atoms with Gasteiger partial charge in [0.15, 0.2) is 0 Å². The van der Waals surface area contributed by atoms with Crippen LogP contribution in [0.5, 0.6) is 0 Å². The molecule has 1 aliphatic heterocycles. The average molecular weight is 178 g/mol. The van der Waals surface area contributed by atoms with Crippen molar-refractivity contribution < 1.29 is 0 Å². The number of hydrogen-bond acceptors (Lipinski definition) is 2. The van der Waals surface area contributed by atoms with Crippen molar-refractivity contribution in [3.05, 3.63) is 23.5 Å². The second-order valence-corrected chi connectivity index (χ2v) is 2.87. The van der Waals surface area contributed by atoms with Crippen molar-refractivity contribution in [2.75, 3.05) is 0 Å². The van der Waals surface area contributed by atoms with E-state index in [-0.39, 0.29) is 5.11 Å². The van der Waals surface area contributed by atoms with E-state index >= 15 is 0 Å². The highest BCUT2D eigenvalue weighted by Gasteiger charge is 2.10. The second-order valence-electron chi connectivity index (χ2n) is 2.51. The monoisotopic (exact) mass is 178 g/mol. The Morgan fingerprint density at radius 2 is 2.25 bits per heavy atom. The van der Waals surface area contributed by atoms with E-state index in [9.17, 15) is 0 Å². The third-order valence-corrected chi connectivity index (χ3v) is 1.67. The van der Waals surface area contributed by atoms with Gasteiger partial charge in [-0.2, -0.15) is 4.99 Å². The number of hydrogen-bond donors (Lipinski definition) is 1. The molecule has 0 aromatic carbocycles. The van der Waals surface area contributed by atoms with Crippen LogP contribution >= 0.6 is 12.2 Å². The van der Waals surface area contributed by atoms with E-state index in [1.807, 2.05) is 19.2 Å². The van der Waals surface area contributed by atoms with Gasteiger partial charge in [-0.3, -0.25) is 0 Å². The second kappa shape index (κ2) is 2.60. The molecule has 1 N–H and O–H groups in total. The summed E-state index contributed by atoms with van der Waals surface area (Å²) in [5, 5.41) is 7.73. The number of amidine groups is 1. The number of nitrogens with zero attached hydrogens (tertiary/aromatic N) is 3. The molecule has 2 heterocycles. The molecule has 2 rings (SSSR count). The number of H-pyrrole nitrogens is 1. The normalized spacial score (nSPS) is 15.4. The lowest BCUT2D eigenvalue weighted by molar-refractivity contribution is 1.32. The van der Waals surface area contributed by atoms with Crippen molar-refractivity contribution in [3.8, 4) is 0 Å². The summed E-state index contributed by atoms with van der Waals surface area (Å²) >= 11 is 4.74. The molecular formula is C7H6N4S. The van der Waals surface area contributed by atoms with Crippen LogP contribution < -0.4 is 0 Å². The van der Waals surface area contributed by atoms with Crippen LogP contribution in [-0.2, 0) is 0 Å². The zero-order chi connectivity index (χ0) is 8.55. The molecule has 12 heavy (non-hydrogen) atoms. The Morgan fingerprint density at radius 3 is 2.75 bits per heavy atom. The zero-order valence-corrected chi connectivity index (χ0v) is 7.22. The maximum absolute atomic E-state index is 4.74. The third-order valence-electron chi connectivity index (χ3n) is 1.50. The summed E-state index contributed by atoms with van der Waals surface area (Å²) in [6, 6.07) is 1.95. The van der Waals surface area contributed by atoms with E-state index in [4.69, 9.17) is 12.2 Å². The van der Waals surface area contributed by atoms with Gasteiger partial charge in [-0.25, -0.2) is 0 Å². The van der Waals surface area contributed by atoms with Crippen LogP contribution in [0.3, 0.4) is 0 Å². The highest BCUT2D eigenvalue weighted by molar-refractivity contribution is 7.80. The Kier molecular flexibility index (Phi) is 1.58. The summed E-state index contributed by atoms with van der Waals surface area (Å²) in [5.74, 6) is 0.563. The van der Waals surface area contributed by atoms with Crippen LogP contribution in [0.4, 0.5) is 0 Å². The van der Waals surface area contributed by atoms with E-state index in [1.54, 1.807) is 0 Å². The molecule has 60 valence electrons. The predicted molar refractivity (Wildman–Crippen MR) is 49.5 cm³/mol. The Morgan fingerprint density at radius 1 is 1.42 bits per heavy atom. The number of aliphatic imine (C=N–C) groups is 1. The smallest absolute Gasteiger partial charge is 0.242 e. The Balaban J connectivity index is 2.39. The topological polar surface area (TPSA) is 52.9 Å². The molecule has 0 aliphatic carbocycles. The van der Waals surface area contributed by atoms with Crippen LogP contribution in [-0.4, -0.2) is 15.9 Å². The lowest BCUT2D eigenvalue weighted by Crippen LogP contribution is -1.93. The average Bonchev–Trinajstić information content (AvgIpc) is 2.58. The van der Waals surface area contributed by atoms with Crippen molar-refractivity contribution in [1.29, 1.82) is 0 Å². The van der Waals surface area contributed by atoms with Gasteiger partial charge in [-0.05, 0) is 30.8 Å². The molecular weight excluding hydrogens is 172 g/mol. The minimum absolute atomic E-state index is 0.289. The molecule has 0 fully saturated rings. The summed E-state index contributed by atoms with van der Waals surface area (Å²) in [7, 11) is 0. The van der Waals surface area contributed by atoms with Crippen LogP contribution in [0.2, 0.25) is 0 Å². The van der Waals surface area contributed by atoms with Gasteiger partial charge >= 0.3 is 0 Å². The number of aromatic nitrogens is 1. The third kappa shape index (κ3) is 1.18. The summed E-state index contributed by atoms with van der Waals surface area (Å²) in [6.45, 7) is 1.99. The molecule has 0 bridgehead atoms. The standard InChI is InChI=1S/C7H6N4S/c1-4-2-5(8-3-4)6-9-7(12)11-10-6/h2-3,8H,1H3. The Hall–Kier alpha value is -1.36. The molecule has 0 atom stereocenters. The number of aryl methyl sites for hydroxylation is 1. The summed E-state index contributed by atoms with van der Waals surface area (Å²) in [5.41, 5.74) is 2.00. The fourth-order valence-corrected chi connectivity index (χ4v) is 1.10. The minimum Gasteiger partial charge on any atom is -0.358 e. The van der Waals surface area contributed by atoms with E-state index < -0.39 is 0 Å². The fourth-order valence-electron chi connectivity index (χ4n) is 0.971. The number of rotatable bonds is 1. The molecule has 0 spiro atoms. The van der Waals surface area contributed by atoms with Crippen molar-refractivity contribution in [2.45, 2.75) is 6.92 Å². The van der Waals surface area contributed by atoms with E-state index in [1.165, 1.54) is 0 Å². The Labute approximate surface area is 74.4 Å². The van der Waals surface area contributed by atoms with Crippen molar-refractivity contribution >= 4 is 23.2 Å². The van der Waals surface area contributed by atoms with Gasteiger partial charge in [0.25, 0.3) is 0 Å². The first kappa shape index (κ1) is 7.30. The van der Waals surface area contributed by atoms with Crippen LogP contribution in [0, 0.1) is 6.92 Å². The van der Waals surface area contributed by atoms with Gasteiger partial charge in [0, 0.05) is 6.20 Å². The van der Waals surface area contributed by atoms with Gasteiger partial charge in [0.1, 0.15) is 0 Å².